The monoisotopic (exact) mass is 380 g/mol. The van der Waals surface area contributed by atoms with Crippen molar-refractivity contribution in [3.63, 3.8) is 0 Å². The third-order valence-corrected chi connectivity index (χ3v) is 5.11. The van der Waals surface area contributed by atoms with E-state index in [1.165, 1.54) is 6.07 Å². The second kappa shape index (κ2) is 6.77. The normalized spacial score (nSPS) is 12.0. The van der Waals surface area contributed by atoms with Crippen molar-refractivity contribution in [2.75, 3.05) is 11.3 Å². The molecule has 0 aliphatic heterocycles. The highest BCUT2D eigenvalue weighted by Gasteiger charge is 2.37. The Hall–Kier alpha value is -2.14. The number of thiazole rings is 1. The Morgan fingerprint density at radius 3 is 2.62 bits per heavy atom. The Morgan fingerprint density at radius 2 is 2.00 bits per heavy atom. The number of alkyl halides is 3. The maximum atomic E-state index is 12.9. The molecule has 0 saturated heterocycles. The number of sulfonamides is 1. The number of hydrogen-bond donors (Lipinski definition) is 1. The molecule has 0 aliphatic carbocycles. The summed E-state index contributed by atoms with van der Waals surface area (Å²) in [6.07, 6.45) is -3.75. The first kappa shape index (κ1) is 18.2. The number of anilines is 1. The molecule has 6 nitrogen and oxygen atoms in total. The Balaban J connectivity index is 2.32. The molecule has 0 unspecified atom stereocenters. The molecule has 0 fully saturated rings. The van der Waals surface area contributed by atoms with Gasteiger partial charge in [0, 0.05) is 0 Å². The number of rotatable bonds is 5. The highest BCUT2D eigenvalue weighted by Crippen LogP contribution is 2.34. The van der Waals surface area contributed by atoms with Gasteiger partial charge >= 0.3 is 12.1 Å². The molecular weight excluding hydrogens is 369 g/mol. The third kappa shape index (κ3) is 4.03. The van der Waals surface area contributed by atoms with Gasteiger partial charge in [-0.2, -0.15) is 13.2 Å². The molecule has 130 valence electrons. The molecule has 0 bridgehead atoms. The van der Waals surface area contributed by atoms with Gasteiger partial charge in [-0.25, -0.2) is 18.2 Å². The van der Waals surface area contributed by atoms with E-state index < -0.39 is 32.6 Å². The molecule has 11 heteroatoms. The summed E-state index contributed by atoms with van der Waals surface area (Å²) in [4.78, 5) is 14.3. The lowest BCUT2D eigenvalue weighted by Gasteiger charge is -2.13. The van der Waals surface area contributed by atoms with E-state index in [1.807, 2.05) is 4.72 Å². The highest BCUT2D eigenvalue weighted by atomic mass is 32.2. The zero-order valence-corrected chi connectivity index (χ0v) is 13.8. The van der Waals surface area contributed by atoms with Crippen LogP contribution in [0.1, 0.15) is 22.2 Å². The molecule has 2 rings (SSSR count). The van der Waals surface area contributed by atoms with Crippen LogP contribution in [0.25, 0.3) is 0 Å². The summed E-state index contributed by atoms with van der Waals surface area (Å²) in [7, 11) is -4.53. The van der Waals surface area contributed by atoms with E-state index in [9.17, 15) is 26.4 Å². The van der Waals surface area contributed by atoms with Gasteiger partial charge in [0.05, 0.1) is 23.3 Å². The number of carbonyl (C=O) groups excluding carboxylic acids is 1. The fraction of sp³-hybridized carbons (Fsp3) is 0.231. The van der Waals surface area contributed by atoms with E-state index in [4.69, 9.17) is 4.74 Å². The average molecular weight is 380 g/mol. The van der Waals surface area contributed by atoms with Crippen molar-refractivity contribution in [3.05, 3.63) is 40.9 Å². The summed E-state index contributed by atoms with van der Waals surface area (Å²) in [5.74, 6) is -0.698. The van der Waals surface area contributed by atoms with Crippen LogP contribution >= 0.6 is 11.3 Å². The molecule has 1 heterocycles. The summed E-state index contributed by atoms with van der Waals surface area (Å²) >= 11 is 0.659. The van der Waals surface area contributed by atoms with Gasteiger partial charge in [-0.05, 0) is 19.1 Å². The van der Waals surface area contributed by atoms with Gasteiger partial charge in [0.25, 0.3) is 10.0 Å². The summed E-state index contributed by atoms with van der Waals surface area (Å²) in [6, 6.07) is 3.77. The predicted molar refractivity (Wildman–Crippen MR) is 80.3 cm³/mol. The molecule has 0 saturated carbocycles. The Bertz CT molecular complexity index is 847. The number of nitrogens with one attached hydrogen (secondary N) is 1. The molecule has 0 spiro atoms. The van der Waals surface area contributed by atoms with Gasteiger partial charge in [0.15, 0.2) is 5.13 Å². The summed E-state index contributed by atoms with van der Waals surface area (Å²) in [6.45, 7) is 1.72. The van der Waals surface area contributed by atoms with Crippen molar-refractivity contribution in [2.24, 2.45) is 0 Å². The molecule has 1 aromatic carbocycles. The fourth-order valence-corrected chi connectivity index (χ4v) is 3.90. The van der Waals surface area contributed by atoms with Crippen LogP contribution in [0, 0.1) is 0 Å². The van der Waals surface area contributed by atoms with E-state index in [2.05, 4.69) is 4.98 Å². The number of nitrogens with zero attached hydrogens (tertiary/aromatic N) is 1. The lowest BCUT2D eigenvalue weighted by molar-refractivity contribution is -0.139. The van der Waals surface area contributed by atoms with Gasteiger partial charge in [-0.1, -0.05) is 23.5 Å². The number of ether oxygens (including phenoxy) is 1. The van der Waals surface area contributed by atoms with Crippen LogP contribution in [0.4, 0.5) is 18.3 Å². The van der Waals surface area contributed by atoms with Crippen molar-refractivity contribution in [1.29, 1.82) is 0 Å². The van der Waals surface area contributed by atoms with Gasteiger partial charge < -0.3 is 4.74 Å². The first-order chi connectivity index (χ1) is 11.1. The molecular formula is C13H11F3N2O4S2. The smallest absolute Gasteiger partial charge is 0.417 e. The minimum Gasteiger partial charge on any atom is -0.462 e. The lowest BCUT2D eigenvalue weighted by atomic mass is 10.2. The number of halogens is 3. The maximum absolute atomic E-state index is 12.9. The van der Waals surface area contributed by atoms with Crippen molar-refractivity contribution in [2.45, 2.75) is 18.0 Å². The number of hydrogen-bond acceptors (Lipinski definition) is 6. The highest BCUT2D eigenvalue weighted by molar-refractivity contribution is 7.93. The summed E-state index contributed by atoms with van der Waals surface area (Å²) in [5.41, 5.74) is -1.29. The lowest BCUT2D eigenvalue weighted by Crippen LogP contribution is -2.18. The van der Waals surface area contributed by atoms with Crippen LogP contribution in [-0.2, 0) is 20.9 Å². The van der Waals surface area contributed by atoms with Crippen molar-refractivity contribution >= 4 is 32.5 Å². The minimum absolute atomic E-state index is 0.0265. The van der Waals surface area contributed by atoms with Gasteiger partial charge in [0.1, 0.15) is 4.88 Å². The number of esters is 1. The number of carbonyl (C=O) groups is 1. The second-order valence-electron chi connectivity index (χ2n) is 4.35. The molecule has 2 aromatic rings. The third-order valence-electron chi connectivity index (χ3n) is 2.69. The van der Waals surface area contributed by atoms with E-state index in [0.717, 1.165) is 18.3 Å². The van der Waals surface area contributed by atoms with Gasteiger partial charge in [-0.3, -0.25) is 4.72 Å². The molecule has 24 heavy (non-hydrogen) atoms. The average Bonchev–Trinajstić information content (AvgIpc) is 2.94. The van der Waals surface area contributed by atoms with Gasteiger partial charge in [0.2, 0.25) is 0 Å². The summed E-state index contributed by atoms with van der Waals surface area (Å²) in [5, 5.41) is -0.241. The standard InChI is InChI=1S/C13H11F3N2O4S2/c1-2-22-11(19)9-7-17-12(23-9)18-24(20,21)10-6-4-3-5-8(10)13(14,15)16/h3-7H,2H2,1H3,(H,17,18). The van der Waals surface area contributed by atoms with Crippen LogP contribution < -0.4 is 4.72 Å². The second-order valence-corrected chi connectivity index (χ2v) is 7.03. The van der Waals surface area contributed by atoms with Crippen molar-refractivity contribution in [3.8, 4) is 0 Å². The molecule has 0 aliphatic rings. The van der Waals surface area contributed by atoms with Crippen LogP contribution in [0.2, 0.25) is 0 Å². The van der Waals surface area contributed by atoms with E-state index in [1.54, 1.807) is 6.92 Å². The van der Waals surface area contributed by atoms with Crippen LogP contribution in [-0.4, -0.2) is 26.0 Å². The zero-order chi connectivity index (χ0) is 18.0. The minimum atomic E-state index is -4.83. The van der Waals surface area contributed by atoms with E-state index in [-0.39, 0.29) is 16.6 Å². The topological polar surface area (TPSA) is 85.4 Å². The first-order valence-electron chi connectivity index (χ1n) is 6.47. The summed E-state index contributed by atoms with van der Waals surface area (Å²) < 4.78 is 69.9. The van der Waals surface area contributed by atoms with Crippen LogP contribution in [0.5, 0.6) is 0 Å². The maximum Gasteiger partial charge on any atom is 0.417 e. The Morgan fingerprint density at radius 1 is 1.33 bits per heavy atom. The van der Waals surface area contributed by atoms with Gasteiger partial charge in [-0.15, -0.1) is 0 Å². The molecule has 1 N–H and O–H groups in total. The number of aromatic nitrogens is 1. The molecule has 0 atom stereocenters. The molecule has 0 amide bonds. The van der Waals surface area contributed by atoms with Crippen molar-refractivity contribution in [1.82, 2.24) is 4.98 Å². The molecule has 1 aromatic heterocycles. The Kier molecular flexibility index (Phi) is 5.13. The SMILES string of the molecule is CCOC(=O)c1cnc(NS(=O)(=O)c2ccccc2C(F)(F)F)s1. The fourth-order valence-electron chi connectivity index (χ4n) is 1.72. The largest absolute Gasteiger partial charge is 0.462 e. The first-order valence-corrected chi connectivity index (χ1v) is 8.77. The van der Waals surface area contributed by atoms with E-state index in [0.29, 0.717) is 17.4 Å². The predicted octanol–water partition coefficient (Wildman–Crippen LogP) is 3.14. The molecule has 0 radical (unpaired) electrons. The van der Waals surface area contributed by atoms with Crippen molar-refractivity contribution < 1.29 is 31.1 Å². The van der Waals surface area contributed by atoms with Crippen LogP contribution in [0.3, 0.4) is 0 Å². The Labute approximate surface area is 139 Å². The van der Waals surface area contributed by atoms with E-state index >= 15 is 0 Å². The number of benzene rings is 1. The quantitative estimate of drug-likeness (QED) is 0.806. The van der Waals surface area contributed by atoms with Crippen LogP contribution in [0.15, 0.2) is 35.4 Å². The zero-order valence-electron chi connectivity index (χ0n) is 12.1.